The highest BCUT2D eigenvalue weighted by molar-refractivity contribution is 6.30. The number of nitrogens with one attached hydrogen (secondary N) is 2. The van der Waals surface area contributed by atoms with Crippen LogP contribution in [0.25, 0.3) is 0 Å². The average Bonchev–Trinajstić information content (AvgIpc) is 2.60. The molecule has 2 N–H and O–H groups in total. The van der Waals surface area contributed by atoms with E-state index >= 15 is 0 Å². The van der Waals surface area contributed by atoms with Gasteiger partial charge in [0.1, 0.15) is 11.9 Å². The summed E-state index contributed by atoms with van der Waals surface area (Å²) in [6.07, 6.45) is -0.0341. The Kier molecular flexibility index (Phi) is 8.86. The minimum atomic E-state index is -0.0341. The van der Waals surface area contributed by atoms with Crippen molar-refractivity contribution in [2.45, 2.75) is 20.0 Å². The van der Waals surface area contributed by atoms with Crippen molar-refractivity contribution in [3.63, 3.8) is 0 Å². The Morgan fingerprint density at radius 1 is 1.36 bits per heavy atom. The second-order valence-corrected chi connectivity index (χ2v) is 6.42. The number of ether oxygens (including phenoxy) is 2. The Hall–Kier alpha value is -1.50. The molecule has 0 radical (unpaired) electrons. The molecule has 1 atom stereocenters. The molecule has 2 rings (SSSR count). The van der Waals surface area contributed by atoms with Crippen molar-refractivity contribution in [3.05, 3.63) is 29.3 Å². The molecule has 1 aliphatic rings. The molecule has 0 aliphatic carbocycles. The number of guanidine groups is 1. The van der Waals surface area contributed by atoms with E-state index in [2.05, 4.69) is 27.4 Å². The molecule has 1 aromatic carbocycles. The van der Waals surface area contributed by atoms with Crippen LogP contribution in [0.1, 0.15) is 13.8 Å². The first-order chi connectivity index (χ1) is 12.2. The van der Waals surface area contributed by atoms with E-state index in [0.29, 0.717) is 11.6 Å². The summed E-state index contributed by atoms with van der Waals surface area (Å²) in [4.78, 5) is 7.00. The zero-order chi connectivity index (χ0) is 17.9. The highest BCUT2D eigenvalue weighted by atomic mass is 35.5. The molecule has 0 bridgehead atoms. The van der Waals surface area contributed by atoms with Crippen molar-refractivity contribution in [1.82, 2.24) is 15.5 Å². The fourth-order valence-electron chi connectivity index (χ4n) is 2.53. The first kappa shape index (κ1) is 19.8. The molecule has 140 valence electrons. The van der Waals surface area contributed by atoms with E-state index in [1.807, 2.05) is 31.2 Å². The molecule has 0 amide bonds. The van der Waals surface area contributed by atoms with Crippen LogP contribution in [0.15, 0.2) is 29.3 Å². The Morgan fingerprint density at radius 2 is 2.16 bits per heavy atom. The van der Waals surface area contributed by atoms with Crippen molar-refractivity contribution < 1.29 is 9.47 Å². The Bertz CT molecular complexity index is 536. The summed E-state index contributed by atoms with van der Waals surface area (Å²) in [7, 11) is 0. The van der Waals surface area contributed by atoms with Crippen LogP contribution in [0.2, 0.25) is 5.02 Å². The molecule has 1 fully saturated rings. The highest BCUT2D eigenvalue weighted by Gasteiger charge is 2.10. The van der Waals surface area contributed by atoms with Gasteiger partial charge < -0.3 is 20.1 Å². The van der Waals surface area contributed by atoms with Crippen LogP contribution in [0.5, 0.6) is 5.75 Å². The van der Waals surface area contributed by atoms with Gasteiger partial charge in [-0.05, 0) is 32.0 Å². The van der Waals surface area contributed by atoms with E-state index in [0.717, 1.165) is 57.6 Å². The Balaban J connectivity index is 1.75. The number of morpholine rings is 1. The van der Waals surface area contributed by atoms with Gasteiger partial charge in [0.2, 0.25) is 0 Å². The predicted octanol–water partition coefficient (Wildman–Crippen LogP) is 1.99. The van der Waals surface area contributed by atoms with Crippen molar-refractivity contribution in [2.75, 3.05) is 52.5 Å². The quantitative estimate of drug-likeness (QED) is 0.543. The summed E-state index contributed by atoms with van der Waals surface area (Å²) in [5.41, 5.74) is 0. The second kappa shape index (κ2) is 11.2. The van der Waals surface area contributed by atoms with Gasteiger partial charge in [-0.3, -0.25) is 4.90 Å². The Morgan fingerprint density at radius 3 is 2.88 bits per heavy atom. The SMILES string of the molecule is CCNC(=NCC(C)Oc1cccc(Cl)c1)NCCN1CCOCC1. The average molecular weight is 369 g/mol. The standard InChI is InChI=1S/C18H29ClN4O2/c1-3-20-18(21-7-8-23-9-11-24-12-10-23)22-14-15(2)25-17-6-4-5-16(19)13-17/h4-6,13,15H,3,7-12,14H2,1-2H3,(H2,20,21,22). The summed E-state index contributed by atoms with van der Waals surface area (Å²) in [6, 6.07) is 7.43. The summed E-state index contributed by atoms with van der Waals surface area (Å²) in [6.45, 7) is 11.0. The van der Waals surface area contributed by atoms with Gasteiger partial charge in [-0.1, -0.05) is 17.7 Å². The minimum absolute atomic E-state index is 0.0341. The normalized spacial score (nSPS) is 17.2. The van der Waals surface area contributed by atoms with E-state index in [-0.39, 0.29) is 6.10 Å². The maximum atomic E-state index is 5.98. The molecule has 7 heteroatoms. The van der Waals surface area contributed by atoms with E-state index < -0.39 is 0 Å². The van der Waals surface area contributed by atoms with E-state index in [9.17, 15) is 0 Å². The molecule has 1 aliphatic heterocycles. The molecular formula is C18H29ClN4O2. The molecule has 1 aromatic rings. The predicted molar refractivity (Wildman–Crippen MR) is 103 cm³/mol. The van der Waals surface area contributed by atoms with E-state index in [1.54, 1.807) is 0 Å². The molecule has 25 heavy (non-hydrogen) atoms. The van der Waals surface area contributed by atoms with Crippen molar-refractivity contribution in [1.29, 1.82) is 0 Å². The van der Waals surface area contributed by atoms with Crippen LogP contribution < -0.4 is 15.4 Å². The second-order valence-electron chi connectivity index (χ2n) is 5.99. The largest absolute Gasteiger partial charge is 0.489 e. The number of nitrogens with zero attached hydrogens (tertiary/aromatic N) is 2. The lowest BCUT2D eigenvalue weighted by Gasteiger charge is -2.26. The van der Waals surface area contributed by atoms with Crippen LogP contribution in [0.3, 0.4) is 0 Å². The molecular weight excluding hydrogens is 340 g/mol. The minimum Gasteiger partial charge on any atom is -0.489 e. The van der Waals surface area contributed by atoms with Gasteiger partial charge in [-0.15, -0.1) is 0 Å². The summed E-state index contributed by atoms with van der Waals surface area (Å²) in [5, 5.41) is 7.32. The lowest BCUT2D eigenvalue weighted by atomic mass is 10.3. The van der Waals surface area contributed by atoms with Crippen molar-refractivity contribution in [3.8, 4) is 5.75 Å². The van der Waals surface area contributed by atoms with Crippen LogP contribution >= 0.6 is 11.6 Å². The monoisotopic (exact) mass is 368 g/mol. The van der Waals surface area contributed by atoms with Gasteiger partial charge in [0.25, 0.3) is 0 Å². The van der Waals surface area contributed by atoms with Gasteiger partial charge in [0.05, 0.1) is 19.8 Å². The molecule has 1 heterocycles. The first-order valence-electron chi connectivity index (χ1n) is 8.92. The van der Waals surface area contributed by atoms with Crippen LogP contribution in [-0.2, 0) is 4.74 Å². The van der Waals surface area contributed by atoms with Crippen LogP contribution in [0.4, 0.5) is 0 Å². The molecule has 6 nitrogen and oxygen atoms in total. The molecule has 1 saturated heterocycles. The molecule has 1 unspecified atom stereocenters. The van der Waals surface area contributed by atoms with E-state index in [4.69, 9.17) is 21.1 Å². The van der Waals surface area contributed by atoms with Gasteiger partial charge in [0.15, 0.2) is 5.96 Å². The zero-order valence-electron chi connectivity index (χ0n) is 15.1. The van der Waals surface area contributed by atoms with Gasteiger partial charge in [-0.2, -0.15) is 0 Å². The number of benzene rings is 1. The number of halogens is 1. The third kappa shape index (κ3) is 7.94. The molecule has 0 spiro atoms. The lowest BCUT2D eigenvalue weighted by molar-refractivity contribution is 0.0389. The molecule has 0 aromatic heterocycles. The Labute approximate surface area is 155 Å². The first-order valence-corrected chi connectivity index (χ1v) is 9.29. The van der Waals surface area contributed by atoms with Gasteiger partial charge >= 0.3 is 0 Å². The molecule has 0 saturated carbocycles. The maximum Gasteiger partial charge on any atom is 0.191 e. The van der Waals surface area contributed by atoms with Crippen LogP contribution in [0, 0.1) is 0 Å². The smallest absolute Gasteiger partial charge is 0.191 e. The third-order valence-electron chi connectivity index (χ3n) is 3.81. The van der Waals surface area contributed by atoms with Gasteiger partial charge in [-0.25, -0.2) is 4.99 Å². The zero-order valence-corrected chi connectivity index (χ0v) is 15.9. The van der Waals surface area contributed by atoms with Crippen LogP contribution in [-0.4, -0.2) is 69.4 Å². The van der Waals surface area contributed by atoms with E-state index in [1.165, 1.54) is 0 Å². The highest BCUT2D eigenvalue weighted by Crippen LogP contribution is 2.18. The third-order valence-corrected chi connectivity index (χ3v) is 4.04. The summed E-state index contributed by atoms with van der Waals surface area (Å²) < 4.78 is 11.2. The lowest BCUT2D eigenvalue weighted by Crippen LogP contribution is -2.44. The summed E-state index contributed by atoms with van der Waals surface area (Å²) >= 11 is 5.98. The fourth-order valence-corrected chi connectivity index (χ4v) is 2.71. The number of rotatable bonds is 8. The topological polar surface area (TPSA) is 58.1 Å². The number of aliphatic imine (C=N–C) groups is 1. The number of hydrogen-bond donors (Lipinski definition) is 2. The number of hydrogen-bond acceptors (Lipinski definition) is 4. The van der Waals surface area contributed by atoms with Crippen molar-refractivity contribution in [2.24, 2.45) is 4.99 Å². The van der Waals surface area contributed by atoms with Crippen molar-refractivity contribution >= 4 is 17.6 Å². The maximum absolute atomic E-state index is 5.98. The van der Waals surface area contributed by atoms with Gasteiger partial charge in [0, 0.05) is 37.7 Å². The summed E-state index contributed by atoms with van der Waals surface area (Å²) in [5.74, 6) is 1.58. The fraction of sp³-hybridized carbons (Fsp3) is 0.611.